The van der Waals surface area contributed by atoms with Crippen molar-refractivity contribution in [2.24, 2.45) is 0 Å². The Morgan fingerprint density at radius 3 is 2.72 bits per heavy atom. The van der Waals surface area contributed by atoms with Gasteiger partial charge in [-0.2, -0.15) is 4.98 Å². The molecule has 4 heterocycles. The van der Waals surface area contributed by atoms with Crippen molar-refractivity contribution in [1.29, 1.82) is 0 Å². The first-order chi connectivity index (χ1) is 12.1. The Morgan fingerprint density at radius 2 is 2.08 bits per heavy atom. The molecule has 0 aromatic carbocycles. The van der Waals surface area contributed by atoms with Crippen molar-refractivity contribution in [2.45, 2.75) is 45.6 Å². The van der Waals surface area contributed by atoms with Crippen molar-refractivity contribution < 1.29 is 9.15 Å². The number of aromatic nitrogens is 5. The lowest BCUT2D eigenvalue weighted by Crippen LogP contribution is -2.24. The van der Waals surface area contributed by atoms with Crippen LogP contribution in [0.4, 0.5) is 5.82 Å². The van der Waals surface area contributed by atoms with E-state index in [9.17, 15) is 0 Å². The molecule has 1 aliphatic rings. The molecular weight excluding hydrogens is 320 g/mol. The van der Waals surface area contributed by atoms with Crippen LogP contribution in [-0.2, 0) is 0 Å². The lowest BCUT2D eigenvalue weighted by molar-refractivity contribution is 0.299. The smallest absolute Gasteiger partial charge is 0.259 e. The van der Waals surface area contributed by atoms with Gasteiger partial charge in [0, 0.05) is 18.7 Å². The first-order valence-electron chi connectivity index (χ1n) is 8.49. The molecule has 130 valence electrons. The molecule has 0 bridgehead atoms. The maximum Gasteiger partial charge on any atom is 0.259 e. The highest BCUT2D eigenvalue weighted by atomic mass is 16.6. The topological polar surface area (TPSA) is 94.0 Å². The van der Waals surface area contributed by atoms with Crippen LogP contribution < -0.4 is 4.90 Å². The quantitative estimate of drug-likeness (QED) is 0.714. The number of nitrogens with zero attached hydrogens (tertiary/aromatic N) is 6. The molecule has 0 saturated carbocycles. The van der Waals surface area contributed by atoms with Crippen LogP contribution in [0.15, 0.2) is 27.5 Å². The zero-order valence-electron chi connectivity index (χ0n) is 14.5. The summed E-state index contributed by atoms with van der Waals surface area (Å²) in [5.74, 6) is 2.33. The maximum atomic E-state index is 5.33. The van der Waals surface area contributed by atoms with Gasteiger partial charge in [-0.05, 0) is 31.9 Å². The third-order valence-electron chi connectivity index (χ3n) is 4.50. The number of pyridine rings is 1. The van der Waals surface area contributed by atoms with Gasteiger partial charge >= 0.3 is 0 Å². The van der Waals surface area contributed by atoms with Crippen molar-refractivity contribution in [3.05, 3.63) is 35.5 Å². The Balaban J connectivity index is 1.58. The van der Waals surface area contributed by atoms with E-state index in [-0.39, 0.29) is 12.0 Å². The molecule has 0 N–H and O–H groups in total. The summed E-state index contributed by atoms with van der Waals surface area (Å²) in [5, 5.41) is 12.0. The molecule has 8 nitrogen and oxygen atoms in total. The fourth-order valence-corrected chi connectivity index (χ4v) is 3.13. The van der Waals surface area contributed by atoms with Crippen LogP contribution in [0.5, 0.6) is 0 Å². The normalized spacial score (nSPS) is 17.6. The Kier molecular flexibility index (Phi) is 3.95. The Bertz CT molecular complexity index is 854. The van der Waals surface area contributed by atoms with E-state index in [2.05, 4.69) is 30.3 Å². The largest absolute Gasteiger partial charge is 0.348 e. The summed E-state index contributed by atoms with van der Waals surface area (Å²) in [4.78, 5) is 11.3. The standard InChI is InChI=1S/C17H20N6O2/c1-10(2)16-19-17(24-22-16)12-6-7-14(18-9-12)23-8-4-5-13(23)15-11(3)20-25-21-15/h6-7,9-10,13H,4-5,8H2,1-3H3/t13-/m1/s1. The monoisotopic (exact) mass is 340 g/mol. The van der Waals surface area contributed by atoms with Gasteiger partial charge in [-0.15, -0.1) is 0 Å². The zero-order chi connectivity index (χ0) is 17.4. The van der Waals surface area contributed by atoms with Crippen LogP contribution in [0.3, 0.4) is 0 Å². The number of rotatable bonds is 4. The van der Waals surface area contributed by atoms with Crippen molar-refractivity contribution in [3.8, 4) is 11.5 Å². The molecule has 1 atom stereocenters. The molecule has 1 aliphatic heterocycles. The average Bonchev–Trinajstić information content (AvgIpc) is 3.35. The zero-order valence-corrected chi connectivity index (χ0v) is 14.5. The average molecular weight is 340 g/mol. The van der Waals surface area contributed by atoms with Crippen molar-refractivity contribution in [3.63, 3.8) is 0 Å². The van der Waals surface area contributed by atoms with E-state index in [4.69, 9.17) is 9.15 Å². The number of hydrogen-bond donors (Lipinski definition) is 0. The third-order valence-corrected chi connectivity index (χ3v) is 4.50. The van der Waals surface area contributed by atoms with Gasteiger partial charge in [-0.1, -0.05) is 29.3 Å². The predicted octanol–water partition coefficient (Wildman–Crippen LogP) is 3.29. The molecule has 0 spiro atoms. The molecule has 4 rings (SSSR count). The van der Waals surface area contributed by atoms with Crippen LogP contribution in [0.2, 0.25) is 0 Å². The second-order valence-corrected chi connectivity index (χ2v) is 6.60. The van der Waals surface area contributed by atoms with Gasteiger partial charge in [0.05, 0.1) is 11.6 Å². The second kappa shape index (κ2) is 6.27. The molecule has 3 aromatic heterocycles. The van der Waals surface area contributed by atoms with Gasteiger partial charge in [-0.3, -0.25) is 0 Å². The fraction of sp³-hybridized carbons (Fsp3) is 0.471. The summed E-state index contributed by atoms with van der Waals surface area (Å²) in [6, 6.07) is 4.10. The highest BCUT2D eigenvalue weighted by Gasteiger charge is 2.31. The van der Waals surface area contributed by atoms with E-state index in [0.29, 0.717) is 11.7 Å². The van der Waals surface area contributed by atoms with E-state index in [1.165, 1.54) is 0 Å². The summed E-state index contributed by atoms with van der Waals surface area (Å²) in [6.45, 7) is 6.91. The van der Waals surface area contributed by atoms with Gasteiger partial charge in [0.1, 0.15) is 17.2 Å². The molecule has 8 heteroatoms. The van der Waals surface area contributed by atoms with Crippen molar-refractivity contribution >= 4 is 5.82 Å². The lowest BCUT2D eigenvalue weighted by atomic mass is 10.1. The molecule has 3 aromatic rings. The molecule has 1 saturated heterocycles. The number of hydrogen-bond acceptors (Lipinski definition) is 8. The molecule has 0 amide bonds. The van der Waals surface area contributed by atoms with Gasteiger partial charge in [0.15, 0.2) is 5.82 Å². The predicted molar refractivity (Wildman–Crippen MR) is 90.0 cm³/mol. The Morgan fingerprint density at radius 1 is 1.20 bits per heavy atom. The van der Waals surface area contributed by atoms with Crippen LogP contribution in [0, 0.1) is 6.92 Å². The number of anilines is 1. The summed E-state index contributed by atoms with van der Waals surface area (Å²) < 4.78 is 10.2. The summed E-state index contributed by atoms with van der Waals surface area (Å²) in [6.07, 6.45) is 3.87. The Labute approximate surface area is 145 Å². The second-order valence-electron chi connectivity index (χ2n) is 6.60. The van der Waals surface area contributed by atoms with E-state index in [0.717, 1.165) is 42.2 Å². The van der Waals surface area contributed by atoms with Crippen LogP contribution in [-0.4, -0.2) is 32.0 Å². The van der Waals surface area contributed by atoms with Gasteiger partial charge < -0.3 is 9.42 Å². The molecule has 25 heavy (non-hydrogen) atoms. The van der Waals surface area contributed by atoms with Crippen LogP contribution in [0.25, 0.3) is 11.5 Å². The summed E-state index contributed by atoms with van der Waals surface area (Å²) in [7, 11) is 0. The molecular formula is C17H20N6O2. The van der Waals surface area contributed by atoms with Crippen molar-refractivity contribution in [1.82, 2.24) is 25.4 Å². The molecule has 0 unspecified atom stereocenters. The minimum atomic E-state index is 0.153. The minimum absolute atomic E-state index is 0.153. The van der Waals surface area contributed by atoms with Crippen molar-refractivity contribution in [2.75, 3.05) is 11.4 Å². The highest BCUT2D eigenvalue weighted by molar-refractivity contribution is 5.55. The first-order valence-corrected chi connectivity index (χ1v) is 8.49. The van der Waals surface area contributed by atoms with Gasteiger partial charge in [0.2, 0.25) is 0 Å². The van der Waals surface area contributed by atoms with Crippen LogP contribution >= 0.6 is 0 Å². The number of aryl methyl sites for hydroxylation is 1. The third kappa shape index (κ3) is 2.88. The van der Waals surface area contributed by atoms with E-state index in [1.807, 2.05) is 32.9 Å². The van der Waals surface area contributed by atoms with Crippen LogP contribution in [0.1, 0.15) is 55.9 Å². The maximum absolute atomic E-state index is 5.33. The fourth-order valence-electron chi connectivity index (χ4n) is 3.13. The van der Waals surface area contributed by atoms with Gasteiger partial charge in [0.25, 0.3) is 5.89 Å². The van der Waals surface area contributed by atoms with E-state index < -0.39 is 0 Å². The lowest BCUT2D eigenvalue weighted by Gasteiger charge is -2.24. The highest BCUT2D eigenvalue weighted by Crippen LogP contribution is 2.35. The van der Waals surface area contributed by atoms with E-state index >= 15 is 0 Å². The molecule has 0 radical (unpaired) electrons. The van der Waals surface area contributed by atoms with Gasteiger partial charge in [-0.25, -0.2) is 9.61 Å². The van der Waals surface area contributed by atoms with E-state index in [1.54, 1.807) is 6.20 Å². The molecule has 0 aliphatic carbocycles. The Hall–Kier alpha value is -2.77. The minimum Gasteiger partial charge on any atom is -0.348 e. The summed E-state index contributed by atoms with van der Waals surface area (Å²) >= 11 is 0. The summed E-state index contributed by atoms with van der Waals surface area (Å²) in [5.41, 5.74) is 2.54. The SMILES string of the molecule is Cc1nonc1[C@H]1CCCN1c1ccc(-c2nc(C(C)C)no2)cn1. The first kappa shape index (κ1) is 15.7. The molecule has 1 fully saturated rings.